The summed E-state index contributed by atoms with van der Waals surface area (Å²) in [4.78, 5) is 14.1. The third-order valence-corrected chi connectivity index (χ3v) is 5.60. The van der Waals surface area contributed by atoms with Gasteiger partial charge in [0.1, 0.15) is 6.61 Å². The van der Waals surface area contributed by atoms with E-state index in [2.05, 4.69) is 38.1 Å². The molecule has 4 heteroatoms. The van der Waals surface area contributed by atoms with Crippen LogP contribution < -0.4 is 0 Å². The molecule has 1 aliphatic carbocycles. The number of hydrogen-bond acceptors (Lipinski definition) is 3. The predicted octanol–water partition coefficient (Wildman–Crippen LogP) is 3.64. The van der Waals surface area contributed by atoms with Crippen LogP contribution in [0.1, 0.15) is 30.9 Å². The molecule has 0 saturated carbocycles. The molecule has 1 unspecified atom stereocenters. The Kier molecular flexibility index (Phi) is 3.80. The van der Waals surface area contributed by atoms with Crippen molar-refractivity contribution in [3.8, 4) is 11.1 Å². The molecule has 0 bridgehead atoms. The highest BCUT2D eigenvalue weighted by Gasteiger charge is 2.48. The molecule has 2 aliphatic rings. The maximum Gasteiger partial charge on any atom is 0.410 e. The Morgan fingerprint density at radius 2 is 1.68 bits per heavy atom. The number of benzene rings is 2. The van der Waals surface area contributed by atoms with Crippen molar-refractivity contribution in [2.75, 3.05) is 19.8 Å². The van der Waals surface area contributed by atoms with Crippen LogP contribution in [0.2, 0.25) is 0 Å². The second kappa shape index (κ2) is 5.88. The van der Waals surface area contributed by atoms with Gasteiger partial charge in [0.05, 0.1) is 12.6 Å². The maximum atomic E-state index is 12.5. The van der Waals surface area contributed by atoms with Gasteiger partial charge < -0.3 is 14.7 Å². The number of likely N-dealkylation sites (tertiary alicyclic amines) is 1. The lowest BCUT2D eigenvalue weighted by Crippen LogP contribution is -2.65. The van der Waals surface area contributed by atoms with E-state index in [0.29, 0.717) is 13.2 Å². The fraction of sp³-hybridized carbons (Fsp3) is 0.381. The molecule has 4 rings (SSSR count). The van der Waals surface area contributed by atoms with Crippen molar-refractivity contribution in [3.05, 3.63) is 59.7 Å². The van der Waals surface area contributed by atoms with Crippen molar-refractivity contribution in [1.29, 1.82) is 0 Å². The van der Waals surface area contributed by atoms with Crippen molar-refractivity contribution in [1.82, 2.24) is 4.90 Å². The zero-order chi connectivity index (χ0) is 17.6. The van der Waals surface area contributed by atoms with E-state index in [9.17, 15) is 9.90 Å². The number of aliphatic hydroxyl groups is 1. The molecule has 2 aromatic carbocycles. The molecule has 1 atom stereocenters. The van der Waals surface area contributed by atoms with Crippen LogP contribution in [0, 0.1) is 5.41 Å². The zero-order valence-corrected chi connectivity index (χ0v) is 14.6. The van der Waals surface area contributed by atoms with Gasteiger partial charge in [0, 0.05) is 17.9 Å². The van der Waals surface area contributed by atoms with Crippen LogP contribution in [0.4, 0.5) is 4.79 Å². The number of nitrogens with zero attached hydrogens (tertiary/aromatic N) is 1. The van der Waals surface area contributed by atoms with E-state index < -0.39 is 0 Å². The highest BCUT2D eigenvalue weighted by Crippen LogP contribution is 2.45. The molecule has 1 amide bonds. The Labute approximate surface area is 148 Å². The normalized spacial score (nSPS) is 20.6. The first-order chi connectivity index (χ1) is 12.0. The van der Waals surface area contributed by atoms with Gasteiger partial charge in [0.2, 0.25) is 0 Å². The summed E-state index contributed by atoms with van der Waals surface area (Å²) >= 11 is 0. The summed E-state index contributed by atoms with van der Waals surface area (Å²) in [7, 11) is 0. The first-order valence-corrected chi connectivity index (χ1v) is 8.75. The maximum absolute atomic E-state index is 12.5. The summed E-state index contributed by atoms with van der Waals surface area (Å²) in [5.74, 6) is 0.0678. The van der Waals surface area contributed by atoms with Crippen LogP contribution in [0.25, 0.3) is 11.1 Å². The summed E-state index contributed by atoms with van der Waals surface area (Å²) in [6, 6.07) is 16.4. The third kappa shape index (κ3) is 2.52. The average molecular weight is 337 g/mol. The van der Waals surface area contributed by atoms with Gasteiger partial charge >= 0.3 is 6.09 Å². The molecule has 1 aliphatic heterocycles. The molecular weight excluding hydrogens is 314 g/mol. The summed E-state index contributed by atoms with van der Waals surface area (Å²) in [5, 5.41) is 9.53. The minimum atomic E-state index is -0.333. The number of carbonyl (C=O) groups excluding carboxylic acids is 1. The molecule has 1 heterocycles. The summed E-state index contributed by atoms with van der Waals surface area (Å²) in [5.41, 5.74) is 4.80. The molecule has 1 N–H and O–H groups in total. The number of carbonyl (C=O) groups is 1. The molecule has 1 saturated heterocycles. The second-order valence-corrected chi connectivity index (χ2v) is 7.62. The van der Waals surface area contributed by atoms with Crippen LogP contribution in [-0.2, 0) is 4.74 Å². The SMILES string of the molecule is CC1(C)CN(C(=O)OCC2c3ccccc3-c3ccccc32)C1CO. The van der Waals surface area contributed by atoms with Gasteiger partial charge in [0.25, 0.3) is 0 Å². The summed E-state index contributed by atoms with van der Waals surface area (Å²) < 4.78 is 5.64. The Balaban J connectivity index is 1.51. The quantitative estimate of drug-likeness (QED) is 0.930. The number of hydrogen-bond donors (Lipinski definition) is 1. The minimum Gasteiger partial charge on any atom is -0.448 e. The minimum absolute atomic E-state index is 0.0306. The Bertz CT molecular complexity index is 769. The lowest BCUT2D eigenvalue weighted by atomic mass is 9.75. The van der Waals surface area contributed by atoms with Crippen molar-refractivity contribution in [3.63, 3.8) is 0 Å². The lowest BCUT2D eigenvalue weighted by Gasteiger charge is -2.52. The Hall–Kier alpha value is -2.33. The monoisotopic (exact) mass is 337 g/mol. The first-order valence-electron chi connectivity index (χ1n) is 8.75. The van der Waals surface area contributed by atoms with Crippen LogP contribution in [0.5, 0.6) is 0 Å². The molecule has 0 aromatic heterocycles. The second-order valence-electron chi connectivity index (χ2n) is 7.62. The van der Waals surface area contributed by atoms with Crippen molar-refractivity contribution in [2.45, 2.75) is 25.8 Å². The van der Waals surface area contributed by atoms with Gasteiger partial charge in [-0.2, -0.15) is 0 Å². The van der Waals surface area contributed by atoms with Crippen molar-refractivity contribution < 1.29 is 14.6 Å². The molecular formula is C21H23NO3. The van der Waals surface area contributed by atoms with Crippen LogP contribution in [-0.4, -0.2) is 41.9 Å². The van der Waals surface area contributed by atoms with Crippen LogP contribution in [0.3, 0.4) is 0 Å². The van der Waals surface area contributed by atoms with E-state index in [1.54, 1.807) is 4.90 Å². The van der Waals surface area contributed by atoms with Crippen LogP contribution in [0.15, 0.2) is 48.5 Å². The van der Waals surface area contributed by atoms with E-state index in [1.165, 1.54) is 22.3 Å². The number of rotatable bonds is 3. The first kappa shape index (κ1) is 16.2. The van der Waals surface area contributed by atoms with Crippen LogP contribution >= 0.6 is 0 Å². The summed E-state index contributed by atoms with van der Waals surface area (Å²) in [6.45, 7) is 5.02. The Morgan fingerprint density at radius 3 is 2.20 bits per heavy atom. The topological polar surface area (TPSA) is 49.8 Å². The van der Waals surface area contributed by atoms with E-state index in [4.69, 9.17) is 4.74 Å². The van der Waals surface area contributed by atoms with Gasteiger partial charge in [-0.25, -0.2) is 4.79 Å². The highest BCUT2D eigenvalue weighted by atomic mass is 16.6. The largest absolute Gasteiger partial charge is 0.448 e. The average Bonchev–Trinajstić information content (AvgIpc) is 2.92. The van der Waals surface area contributed by atoms with E-state index >= 15 is 0 Å². The lowest BCUT2D eigenvalue weighted by molar-refractivity contribution is -0.0657. The summed E-state index contributed by atoms with van der Waals surface area (Å²) in [6.07, 6.45) is -0.333. The fourth-order valence-corrected chi connectivity index (χ4v) is 4.18. The zero-order valence-electron chi connectivity index (χ0n) is 14.6. The molecule has 1 fully saturated rings. The molecule has 2 aromatic rings. The molecule has 0 spiro atoms. The number of ether oxygens (including phenoxy) is 1. The molecule has 25 heavy (non-hydrogen) atoms. The molecule has 0 radical (unpaired) electrons. The van der Waals surface area contributed by atoms with E-state index in [0.717, 1.165) is 0 Å². The van der Waals surface area contributed by atoms with Gasteiger partial charge in [-0.15, -0.1) is 0 Å². The van der Waals surface area contributed by atoms with E-state index in [-0.39, 0.29) is 30.1 Å². The number of aliphatic hydroxyl groups excluding tert-OH is 1. The Morgan fingerprint density at radius 1 is 1.12 bits per heavy atom. The van der Waals surface area contributed by atoms with Crippen molar-refractivity contribution >= 4 is 6.09 Å². The van der Waals surface area contributed by atoms with Gasteiger partial charge in [-0.1, -0.05) is 62.4 Å². The van der Waals surface area contributed by atoms with Gasteiger partial charge in [0.15, 0.2) is 0 Å². The number of fused-ring (bicyclic) bond motifs is 3. The van der Waals surface area contributed by atoms with Gasteiger partial charge in [-0.05, 0) is 22.3 Å². The van der Waals surface area contributed by atoms with E-state index in [1.807, 2.05) is 24.3 Å². The molecule has 4 nitrogen and oxygen atoms in total. The third-order valence-electron chi connectivity index (χ3n) is 5.60. The standard InChI is InChI=1S/C21H23NO3/c1-21(2)13-22(19(21)11-23)20(24)25-12-18-16-9-5-3-7-14(16)15-8-4-6-10-17(15)18/h3-10,18-19,23H,11-13H2,1-2H3. The molecule has 130 valence electrons. The number of amides is 1. The smallest absolute Gasteiger partial charge is 0.410 e. The fourth-order valence-electron chi connectivity index (χ4n) is 4.18. The predicted molar refractivity (Wildman–Crippen MR) is 96.4 cm³/mol. The van der Waals surface area contributed by atoms with Crippen molar-refractivity contribution in [2.24, 2.45) is 5.41 Å². The van der Waals surface area contributed by atoms with Gasteiger partial charge in [-0.3, -0.25) is 0 Å². The highest BCUT2D eigenvalue weighted by molar-refractivity contribution is 5.79.